The molecule has 0 saturated carbocycles. The summed E-state index contributed by atoms with van der Waals surface area (Å²) in [6, 6.07) is 0.446. The maximum absolute atomic E-state index is 4.51. The van der Waals surface area contributed by atoms with E-state index in [0.717, 1.165) is 45.8 Å². The minimum absolute atomic E-state index is 0. The molecule has 0 aromatic rings. The van der Waals surface area contributed by atoms with Crippen molar-refractivity contribution >= 4 is 0 Å². The second-order valence-electron chi connectivity index (χ2n) is 3.46. The molecule has 0 amide bonds. The fourth-order valence-electron chi connectivity index (χ4n) is 1.34. The van der Waals surface area contributed by atoms with Gasteiger partial charge < -0.3 is 21.3 Å². The third kappa shape index (κ3) is 7.91. The summed E-state index contributed by atoms with van der Waals surface area (Å²) in [5.74, 6) is 0. The molecule has 14 heavy (non-hydrogen) atoms. The molecule has 1 aliphatic heterocycles. The van der Waals surface area contributed by atoms with Gasteiger partial charge in [0.05, 0.1) is 0 Å². The molecule has 1 heterocycles. The SMILES string of the molecule is CC1CNCCNCCNCC[N-]1.[Ti]. The van der Waals surface area contributed by atoms with Gasteiger partial charge in [0.1, 0.15) is 0 Å². The Bertz CT molecular complexity index is 111. The maximum atomic E-state index is 4.51. The molecule has 5 heteroatoms. The Morgan fingerprint density at radius 2 is 1.50 bits per heavy atom. The summed E-state index contributed by atoms with van der Waals surface area (Å²) in [5.41, 5.74) is 0. The molecule has 0 aromatic carbocycles. The molecule has 0 spiro atoms. The Balaban J connectivity index is 0.00000169. The topological polar surface area (TPSA) is 50.2 Å². The van der Waals surface area contributed by atoms with Crippen LogP contribution in [-0.4, -0.2) is 51.9 Å². The van der Waals surface area contributed by atoms with Crippen molar-refractivity contribution in [2.45, 2.75) is 13.0 Å². The van der Waals surface area contributed by atoms with E-state index in [2.05, 4.69) is 28.2 Å². The van der Waals surface area contributed by atoms with Gasteiger partial charge in [0.25, 0.3) is 0 Å². The average molecular weight is 233 g/mol. The normalized spacial score (nSPS) is 26.8. The zero-order valence-corrected chi connectivity index (χ0v) is 10.5. The van der Waals surface area contributed by atoms with Crippen LogP contribution in [0.2, 0.25) is 0 Å². The van der Waals surface area contributed by atoms with Gasteiger partial charge in [-0.1, -0.05) is 6.92 Å². The minimum Gasteiger partial charge on any atom is -0.658 e. The Morgan fingerprint density at radius 1 is 0.929 bits per heavy atom. The third-order valence-corrected chi connectivity index (χ3v) is 2.13. The molecule has 1 atom stereocenters. The molecule has 1 fully saturated rings. The van der Waals surface area contributed by atoms with Gasteiger partial charge in [-0.3, -0.25) is 0 Å². The Kier molecular flexibility index (Phi) is 10.5. The molecule has 1 saturated heterocycles. The van der Waals surface area contributed by atoms with Crippen LogP contribution < -0.4 is 16.0 Å². The van der Waals surface area contributed by atoms with Gasteiger partial charge in [-0.05, 0) is 13.1 Å². The van der Waals surface area contributed by atoms with E-state index in [1.807, 2.05) is 0 Å². The van der Waals surface area contributed by atoms with Crippen molar-refractivity contribution in [3.8, 4) is 0 Å². The summed E-state index contributed by atoms with van der Waals surface area (Å²) in [5, 5.41) is 14.6. The van der Waals surface area contributed by atoms with Crippen LogP contribution in [-0.2, 0) is 21.7 Å². The van der Waals surface area contributed by atoms with Crippen molar-refractivity contribution in [3.05, 3.63) is 5.32 Å². The zero-order chi connectivity index (χ0) is 9.36. The third-order valence-electron chi connectivity index (χ3n) is 2.13. The van der Waals surface area contributed by atoms with Crippen molar-refractivity contribution in [1.29, 1.82) is 0 Å². The molecule has 3 N–H and O–H groups in total. The van der Waals surface area contributed by atoms with E-state index in [1.54, 1.807) is 0 Å². The predicted octanol–water partition coefficient (Wildman–Crippen LogP) is -0.471. The summed E-state index contributed by atoms with van der Waals surface area (Å²) in [6.07, 6.45) is 0. The van der Waals surface area contributed by atoms with Crippen molar-refractivity contribution in [2.75, 3.05) is 45.8 Å². The summed E-state index contributed by atoms with van der Waals surface area (Å²) in [7, 11) is 0. The Morgan fingerprint density at radius 3 is 2.21 bits per heavy atom. The summed E-state index contributed by atoms with van der Waals surface area (Å²) in [6.45, 7) is 9.29. The summed E-state index contributed by atoms with van der Waals surface area (Å²) < 4.78 is 0. The van der Waals surface area contributed by atoms with Crippen LogP contribution in [0.3, 0.4) is 0 Å². The van der Waals surface area contributed by atoms with Crippen molar-refractivity contribution in [1.82, 2.24) is 16.0 Å². The first-order valence-corrected chi connectivity index (χ1v) is 5.18. The van der Waals surface area contributed by atoms with Crippen LogP contribution in [0.15, 0.2) is 0 Å². The predicted molar refractivity (Wildman–Crippen MR) is 56.3 cm³/mol. The van der Waals surface area contributed by atoms with Gasteiger partial charge in [-0.15, -0.1) is 12.6 Å². The van der Waals surface area contributed by atoms with E-state index >= 15 is 0 Å². The molecule has 82 valence electrons. The Labute approximate surface area is 102 Å². The van der Waals surface area contributed by atoms with Crippen LogP contribution in [0.25, 0.3) is 5.32 Å². The largest absolute Gasteiger partial charge is 0.658 e. The van der Waals surface area contributed by atoms with Gasteiger partial charge in [-0.25, -0.2) is 0 Å². The molecule has 0 bridgehead atoms. The first-order chi connectivity index (χ1) is 6.39. The maximum Gasteiger partial charge on any atom is 0.00772 e. The van der Waals surface area contributed by atoms with E-state index < -0.39 is 0 Å². The van der Waals surface area contributed by atoms with Gasteiger partial charge >= 0.3 is 0 Å². The van der Waals surface area contributed by atoms with E-state index in [1.165, 1.54) is 0 Å². The van der Waals surface area contributed by atoms with E-state index in [0.29, 0.717) is 6.04 Å². The van der Waals surface area contributed by atoms with Crippen LogP contribution in [0, 0.1) is 0 Å². The number of rotatable bonds is 0. The smallest absolute Gasteiger partial charge is 0.00772 e. The van der Waals surface area contributed by atoms with Crippen LogP contribution in [0.4, 0.5) is 0 Å². The van der Waals surface area contributed by atoms with Gasteiger partial charge in [0.2, 0.25) is 0 Å². The fourth-order valence-corrected chi connectivity index (χ4v) is 1.34. The van der Waals surface area contributed by atoms with Crippen LogP contribution >= 0.6 is 0 Å². The van der Waals surface area contributed by atoms with Crippen molar-refractivity contribution in [3.63, 3.8) is 0 Å². The molecule has 1 aliphatic rings. The van der Waals surface area contributed by atoms with Crippen LogP contribution in [0.1, 0.15) is 6.92 Å². The van der Waals surface area contributed by atoms with Crippen molar-refractivity contribution in [2.24, 2.45) is 0 Å². The molecular weight excluding hydrogens is 212 g/mol. The van der Waals surface area contributed by atoms with E-state index in [-0.39, 0.29) is 21.7 Å². The number of nitrogens with zero attached hydrogens (tertiary/aromatic N) is 1. The molecule has 0 aromatic heterocycles. The fraction of sp³-hybridized carbons (Fsp3) is 1.00. The van der Waals surface area contributed by atoms with E-state index in [9.17, 15) is 0 Å². The quantitative estimate of drug-likeness (QED) is 0.496. The zero-order valence-electron chi connectivity index (χ0n) is 8.97. The number of hydrogen-bond donors (Lipinski definition) is 3. The second kappa shape index (κ2) is 10.1. The van der Waals surface area contributed by atoms with Gasteiger partial charge in [0, 0.05) is 47.9 Å². The Hall–Kier alpha value is 0.554. The molecule has 0 radical (unpaired) electrons. The standard InChI is InChI=1S/C9H21N4.Ti/c1-9-8-12-5-4-10-2-3-11-6-7-13-9;/h9-12H,2-8H2,1H3;/q-1;. The first kappa shape index (κ1) is 14.6. The molecule has 1 unspecified atom stereocenters. The first-order valence-electron chi connectivity index (χ1n) is 5.18. The molecule has 0 aliphatic carbocycles. The molecule has 1 rings (SSSR count). The van der Waals surface area contributed by atoms with Gasteiger partial charge in [-0.2, -0.15) is 0 Å². The summed E-state index contributed by atoms with van der Waals surface area (Å²) >= 11 is 0. The van der Waals surface area contributed by atoms with Crippen LogP contribution in [0.5, 0.6) is 0 Å². The van der Waals surface area contributed by atoms with Crippen molar-refractivity contribution < 1.29 is 21.7 Å². The summed E-state index contributed by atoms with van der Waals surface area (Å²) in [4.78, 5) is 0. The van der Waals surface area contributed by atoms with E-state index in [4.69, 9.17) is 0 Å². The number of hydrogen-bond acceptors (Lipinski definition) is 3. The number of nitrogens with one attached hydrogen (secondary N) is 3. The average Bonchev–Trinajstić information content (AvgIpc) is 2.11. The van der Waals surface area contributed by atoms with Gasteiger partial charge in [0.15, 0.2) is 0 Å². The molecular formula is C9H21N4Ti-. The minimum atomic E-state index is 0. The monoisotopic (exact) mass is 233 g/mol. The second-order valence-corrected chi connectivity index (χ2v) is 3.46. The molecule has 4 nitrogen and oxygen atoms in total.